The summed E-state index contributed by atoms with van der Waals surface area (Å²) in [5.74, 6) is 5.06. The number of hydrazone groups is 1. The van der Waals surface area contributed by atoms with Gasteiger partial charge in [-0.1, -0.05) is 12.8 Å². The van der Waals surface area contributed by atoms with Crippen LogP contribution in [0.5, 0.6) is 0 Å². The highest BCUT2D eigenvalue weighted by molar-refractivity contribution is 7.45. The number of amidine groups is 1. The molecule has 182 valence electrons. The van der Waals surface area contributed by atoms with E-state index >= 15 is 0 Å². The van der Waals surface area contributed by atoms with Gasteiger partial charge in [0.15, 0.2) is 14.2 Å². The summed E-state index contributed by atoms with van der Waals surface area (Å²) >= 11 is 6.23. The van der Waals surface area contributed by atoms with Crippen LogP contribution in [0.4, 0.5) is 5.82 Å². The van der Waals surface area contributed by atoms with E-state index in [0.717, 1.165) is 42.7 Å². The van der Waals surface area contributed by atoms with E-state index < -0.39 is 14.2 Å². The summed E-state index contributed by atoms with van der Waals surface area (Å²) in [4.78, 5) is 23.7. The van der Waals surface area contributed by atoms with Gasteiger partial charge in [-0.3, -0.25) is 0 Å². The molecule has 12 nitrogen and oxygen atoms in total. The number of rotatable bonds is 10. The molecule has 1 saturated heterocycles. The van der Waals surface area contributed by atoms with E-state index in [1.54, 1.807) is 4.52 Å². The lowest BCUT2D eigenvalue weighted by atomic mass is 10.1. The maximum absolute atomic E-state index is 9.63. The summed E-state index contributed by atoms with van der Waals surface area (Å²) in [7, 11) is -2.36. The van der Waals surface area contributed by atoms with Gasteiger partial charge in [-0.15, -0.1) is 5.10 Å². The molecule has 3 atom stereocenters. The highest BCUT2D eigenvalue weighted by atomic mass is 35.5. The van der Waals surface area contributed by atoms with Crippen molar-refractivity contribution in [2.45, 2.75) is 69.0 Å². The molecule has 3 heterocycles. The molecule has 14 heteroatoms. The molecule has 0 bridgehead atoms. The zero-order chi connectivity index (χ0) is 23.4. The second-order valence-corrected chi connectivity index (χ2v) is 9.83. The SMILES string of the molecule is NN/N=C(\N)CC(OCC1CCC(c2ccc3c(NC4CCCC4)nc(Cl)nn23)O1)P(O)O. The number of nitrogens with two attached hydrogens (primary N) is 2. The lowest BCUT2D eigenvalue weighted by Crippen LogP contribution is -2.28. The lowest BCUT2D eigenvalue weighted by molar-refractivity contribution is -0.0263. The van der Waals surface area contributed by atoms with Crippen LogP contribution in [0.25, 0.3) is 5.52 Å². The molecule has 2 fully saturated rings. The second kappa shape index (κ2) is 11.1. The number of hydrogen-bond donors (Lipinski definition) is 6. The topological polar surface area (TPSA) is 178 Å². The van der Waals surface area contributed by atoms with Gasteiger partial charge in [0.2, 0.25) is 5.28 Å². The van der Waals surface area contributed by atoms with Crippen LogP contribution < -0.4 is 22.4 Å². The molecule has 33 heavy (non-hydrogen) atoms. The van der Waals surface area contributed by atoms with Crippen molar-refractivity contribution in [2.24, 2.45) is 16.7 Å². The smallest absolute Gasteiger partial charge is 0.243 e. The zero-order valence-electron chi connectivity index (χ0n) is 18.1. The second-order valence-electron chi connectivity index (χ2n) is 8.28. The fraction of sp³-hybridized carbons (Fsp3) is 0.632. The first-order chi connectivity index (χ1) is 15.9. The minimum Gasteiger partial charge on any atom is -0.386 e. The number of anilines is 1. The summed E-state index contributed by atoms with van der Waals surface area (Å²) < 4.78 is 13.7. The maximum atomic E-state index is 9.63. The molecule has 2 aromatic heterocycles. The normalized spacial score (nSPS) is 23.0. The Kier molecular flexibility index (Phi) is 8.18. The fourth-order valence-corrected chi connectivity index (χ4v) is 5.11. The van der Waals surface area contributed by atoms with E-state index in [-0.39, 0.29) is 36.4 Å². The minimum atomic E-state index is -2.36. The van der Waals surface area contributed by atoms with Crippen molar-refractivity contribution in [3.05, 3.63) is 23.1 Å². The van der Waals surface area contributed by atoms with E-state index in [1.165, 1.54) is 12.8 Å². The third kappa shape index (κ3) is 6.02. The first kappa shape index (κ1) is 24.3. The van der Waals surface area contributed by atoms with Crippen LogP contribution in [0.3, 0.4) is 0 Å². The monoisotopic (exact) mass is 500 g/mol. The van der Waals surface area contributed by atoms with Gasteiger partial charge in [0.25, 0.3) is 0 Å². The molecular formula is C19H30ClN8O4P. The van der Waals surface area contributed by atoms with Gasteiger partial charge in [0.1, 0.15) is 23.3 Å². The number of nitrogens with zero attached hydrogens (tertiary/aromatic N) is 4. The number of halogens is 1. The molecule has 4 rings (SSSR count). The summed E-state index contributed by atoms with van der Waals surface area (Å²) in [6.45, 7) is 0.192. The number of nitrogens with one attached hydrogen (secondary N) is 2. The molecule has 3 unspecified atom stereocenters. The van der Waals surface area contributed by atoms with Crippen LogP contribution in [-0.4, -0.2) is 54.8 Å². The van der Waals surface area contributed by atoms with Gasteiger partial charge in [-0.2, -0.15) is 10.1 Å². The third-order valence-electron chi connectivity index (χ3n) is 5.97. The number of ether oxygens (including phenoxy) is 2. The summed E-state index contributed by atoms with van der Waals surface area (Å²) in [6, 6.07) is 4.36. The van der Waals surface area contributed by atoms with Crippen molar-refractivity contribution in [3.63, 3.8) is 0 Å². The van der Waals surface area contributed by atoms with Crippen molar-refractivity contribution >= 4 is 37.1 Å². The Morgan fingerprint density at radius 2 is 2.12 bits per heavy atom. The molecule has 0 radical (unpaired) electrons. The van der Waals surface area contributed by atoms with E-state index in [1.807, 2.05) is 12.1 Å². The van der Waals surface area contributed by atoms with E-state index in [0.29, 0.717) is 6.04 Å². The van der Waals surface area contributed by atoms with E-state index in [9.17, 15) is 9.79 Å². The van der Waals surface area contributed by atoms with Gasteiger partial charge >= 0.3 is 0 Å². The van der Waals surface area contributed by atoms with Gasteiger partial charge in [0.05, 0.1) is 18.4 Å². The Labute approximate surface area is 197 Å². The maximum Gasteiger partial charge on any atom is 0.243 e. The number of fused-ring (bicyclic) bond motifs is 1. The molecule has 1 saturated carbocycles. The van der Waals surface area contributed by atoms with Crippen LogP contribution in [-0.2, 0) is 9.47 Å². The van der Waals surface area contributed by atoms with Crippen molar-refractivity contribution in [2.75, 3.05) is 11.9 Å². The van der Waals surface area contributed by atoms with Crippen molar-refractivity contribution in [3.8, 4) is 0 Å². The average Bonchev–Trinajstić information content (AvgIpc) is 3.51. The van der Waals surface area contributed by atoms with Crippen LogP contribution >= 0.6 is 20.0 Å². The zero-order valence-corrected chi connectivity index (χ0v) is 19.8. The predicted octanol–water partition coefficient (Wildman–Crippen LogP) is 1.72. The molecule has 0 amide bonds. The molecule has 2 aromatic rings. The van der Waals surface area contributed by atoms with Gasteiger partial charge in [-0.05, 0) is 49.4 Å². The Morgan fingerprint density at radius 3 is 2.85 bits per heavy atom. The Hall–Kier alpha value is -1.79. The highest BCUT2D eigenvalue weighted by Gasteiger charge is 2.31. The Balaban J connectivity index is 1.41. The van der Waals surface area contributed by atoms with Gasteiger partial charge < -0.3 is 30.3 Å². The summed E-state index contributed by atoms with van der Waals surface area (Å²) in [6.07, 6.45) is 5.84. The van der Waals surface area contributed by atoms with Gasteiger partial charge in [-0.25, -0.2) is 15.9 Å². The Morgan fingerprint density at radius 1 is 1.33 bits per heavy atom. The van der Waals surface area contributed by atoms with Crippen molar-refractivity contribution < 1.29 is 19.3 Å². The van der Waals surface area contributed by atoms with Crippen molar-refractivity contribution in [1.29, 1.82) is 0 Å². The van der Waals surface area contributed by atoms with Crippen molar-refractivity contribution in [1.82, 2.24) is 20.1 Å². The van der Waals surface area contributed by atoms with E-state index in [4.69, 9.17) is 32.7 Å². The first-order valence-electron chi connectivity index (χ1n) is 11.0. The minimum absolute atomic E-state index is 0.0363. The largest absolute Gasteiger partial charge is 0.386 e. The lowest BCUT2D eigenvalue weighted by Gasteiger charge is -2.21. The summed E-state index contributed by atoms with van der Waals surface area (Å²) in [5.41, 5.74) is 9.50. The standard InChI is InChI=1S/C19H30ClN8O4P/c20-19-24-18(23-11-3-1-2-4-11)14-7-6-13(28(14)26-19)15-8-5-12(32-15)10-31-17(33(29)30)9-16(21)25-27-22/h6-7,11-12,15,17,27,29-30H,1-5,8-10,22H2,(H2,21,25)(H,23,24,26). The first-order valence-corrected chi connectivity index (χ1v) is 12.7. The third-order valence-corrected chi connectivity index (χ3v) is 6.98. The molecule has 0 aromatic carbocycles. The van der Waals surface area contributed by atoms with Gasteiger partial charge in [0, 0.05) is 12.5 Å². The number of aromatic nitrogens is 3. The number of hydrazine groups is 1. The molecule has 8 N–H and O–H groups in total. The molecule has 2 aliphatic rings. The highest BCUT2D eigenvalue weighted by Crippen LogP contribution is 2.38. The quantitative estimate of drug-likeness (QED) is 0.0924. The van der Waals surface area contributed by atoms with Crippen LogP contribution in [0.1, 0.15) is 56.7 Å². The van der Waals surface area contributed by atoms with Crippen LogP contribution in [0, 0.1) is 0 Å². The summed E-state index contributed by atoms with van der Waals surface area (Å²) in [5, 5.41) is 11.7. The molecule has 1 aliphatic carbocycles. The van der Waals surface area contributed by atoms with Crippen LogP contribution in [0.15, 0.2) is 17.2 Å². The average molecular weight is 501 g/mol. The Bertz CT molecular complexity index is 971. The predicted molar refractivity (Wildman–Crippen MR) is 125 cm³/mol. The fourth-order valence-electron chi connectivity index (χ4n) is 4.38. The molecule has 0 spiro atoms. The molecular weight excluding hydrogens is 471 g/mol. The number of hydrogen-bond acceptors (Lipinski definition) is 10. The van der Waals surface area contributed by atoms with E-state index in [2.05, 4.69) is 26.0 Å². The molecule has 1 aliphatic heterocycles. The van der Waals surface area contributed by atoms with Crippen LogP contribution in [0.2, 0.25) is 5.28 Å².